The number of amides is 2. The summed E-state index contributed by atoms with van der Waals surface area (Å²) in [6.07, 6.45) is 4.69. The van der Waals surface area contributed by atoms with Crippen molar-refractivity contribution in [2.75, 3.05) is 11.1 Å². The first kappa shape index (κ1) is 14.4. The second kappa shape index (κ2) is 6.10. The Labute approximate surface area is 129 Å². The van der Waals surface area contributed by atoms with Crippen LogP contribution in [0.5, 0.6) is 0 Å². The summed E-state index contributed by atoms with van der Waals surface area (Å²) in [6, 6.07) is 5.80. The van der Waals surface area contributed by atoms with Gasteiger partial charge in [-0.2, -0.15) is 0 Å². The molecule has 1 fully saturated rings. The Morgan fingerprint density at radius 3 is 2.95 bits per heavy atom. The highest BCUT2D eigenvalue weighted by Gasteiger charge is 2.24. The molecule has 2 atom stereocenters. The highest BCUT2D eigenvalue weighted by Crippen LogP contribution is 2.32. The minimum atomic E-state index is -0.0404. The highest BCUT2D eigenvalue weighted by atomic mass is 32.2. The zero-order valence-electron chi connectivity index (χ0n) is 12.1. The molecule has 5 heteroatoms. The van der Waals surface area contributed by atoms with Crippen molar-refractivity contribution in [3.63, 3.8) is 0 Å². The molecule has 0 aromatic heterocycles. The van der Waals surface area contributed by atoms with Crippen molar-refractivity contribution in [1.29, 1.82) is 0 Å². The Balaban J connectivity index is 1.72. The topological polar surface area (TPSA) is 58.2 Å². The quantitative estimate of drug-likeness (QED) is 0.883. The third kappa shape index (κ3) is 3.23. The Morgan fingerprint density at radius 1 is 1.33 bits per heavy atom. The molecule has 112 valence electrons. The van der Waals surface area contributed by atoms with E-state index in [1.807, 2.05) is 12.1 Å². The Morgan fingerprint density at radius 2 is 2.14 bits per heavy atom. The van der Waals surface area contributed by atoms with Gasteiger partial charge in [0.1, 0.15) is 0 Å². The number of carbonyl (C=O) groups excluding carboxylic acids is 2. The van der Waals surface area contributed by atoms with Gasteiger partial charge in [-0.15, -0.1) is 11.8 Å². The molecule has 1 saturated carbocycles. The summed E-state index contributed by atoms with van der Waals surface area (Å²) in [5.74, 6) is 0.931. The van der Waals surface area contributed by atoms with Gasteiger partial charge in [-0.1, -0.05) is 19.8 Å². The number of rotatable bonds is 2. The van der Waals surface area contributed by atoms with Crippen LogP contribution in [-0.4, -0.2) is 23.6 Å². The standard InChI is InChI=1S/C16H20N2O2S/c1-10-4-2-3-5-12(10)18-16(20)11-6-7-14-13(8-11)17-15(19)9-21-14/h6-8,10,12H,2-5,9H2,1H3,(H,17,19)(H,18,20)/t10-,12+/m0/s1. The van der Waals surface area contributed by atoms with Gasteiger partial charge in [0.25, 0.3) is 5.91 Å². The lowest BCUT2D eigenvalue weighted by atomic mass is 9.86. The fourth-order valence-corrected chi connectivity index (χ4v) is 3.80. The van der Waals surface area contributed by atoms with Crippen molar-refractivity contribution in [3.05, 3.63) is 23.8 Å². The lowest BCUT2D eigenvalue weighted by molar-refractivity contribution is -0.113. The largest absolute Gasteiger partial charge is 0.349 e. The van der Waals surface area contributed by atoms with E-state index in [0.717, 1.165) is 17.0 Å². The highest BCUT2D eigenvalue weighted by molar-refractivity contribution is 8.00. The molecular weight excluding hydrogens is 284 g/mol. The van der Waals surface area contributed by atoms with Crippen LogP contribution in [0.25, 0.3) is 0 Å². The van der Waals surface area contributed by atoms with Gasteiger partial charge in [-0.3, -0.25) is 9.59 Å². The van der Waals surface area contributed by atoms with E-state index in [-0.39, 0.29) is 17.9 Å². The monoisotopic (exact) mass is 304 g/mol. The molecule has 3 rings (SSSR count). The van der Waals surface area contributed by atoms with Crippen LogP contribution in [0, 0.1) is 5.92 Å². The first-order valence-corrected chi connectivity index (χ1v) is 8.49. The minimum absolute atomic E-state index is 0.00837. The van der Waals surface area contributed by atoms with Gasteiger partial charge in [0, 0.05) is 16.5 Å². The van der Waals surface area contributed by atoms with Gasteiger partial charge >= 0.3 is 0 Å². The van der Waals surface area contributed by atoms with Gasteiger partial charge < -0.3 is 10.6 Å². The van der Waals surface area contributed by atoms with E-state index in [9.17, 15) is 9.59 Å². The molecule has 2 amide bonds. The Bertz CT molecular complexity index is 573. The average Bonchev–Trinajstić information content (AvgIpc) is 2.48. The second-order valence-electron chi connectivity index (χ2n) is 5.89. The summed E-state index contributed by atoms with van der Waals surface area (Å²) in [6.45, 7) is 2.20. The van der Waals surface area contributed by atoms with Crippen LogP contribution in [-0.2, 0) is 4.79 Å². The maximum Gasteiger partial charge on any atom is 0.251 e. The van der Waals surface area contributed by atoms with Crippen LogP contribution < -0.4 is 10.6 Å². The lowest BCUT2D eigenvalue weighted by Gasteiger charge is -2.29. The molecule has 2 N–H and O–H groups in total. The van der Waals surface area contributed by atoms with Gasteiger partial charge in [0.2, 0.25) is 5.91 Å². The number of hydrogen-bond donors (Lipinski definition) is 2. The number of carbonyl (C=O) groups is 2. The van der Waals surface area contributed by atoms with Gasteiger partial charge in [-0.05, 0) is 37.0 Å². The van der Waals surface area contributed by atoms with Crippen molar-refractivity contribution < 1.29 is 9.59 Å². The van der Waals surface area contributed by atoms with E-state index >= 15 is 0 Å². The second-order valence-corrected chi connectivity index (χ2v) is 6.91. The summed E-state index contributed by atoms with van der Waals surface area (Å²) in [4.78, 5) is 24.9. The Hall–Kier alpha value is -1.49. The van der Waals surface area contributed by atoms with Crippen molar-refractivity contribution in [2.45, 2.75) is 43.5 Å². The summed E-state index contributed by atoms with van der Waals surface area (Å²) in [5, 5.41) is 5.97. The van der Waals surface area contributed by atoms with E-state index in [4.69, 9.17) is 0 Å². The zero-order chi connectivity index (χ0) is 14.8. The maximum atomic E-state index is 12.4. The van der Waals surface area contributed by atoms with Crippen LogP contribution in [0.2, 0.25) is 0 Å². The van der Waals surface area contributed by atoms with E-state index < -0.39 is 0 Å². The molecule has 0 unspecified atom stereocenters. The average molecular weight is 304 g/mol. The zero-order valence-corrected chi connectivity index (χ0v) is 13.0. The van der Waals surface area contributed by atoms with Crippen LogP contribution in [0.1, 0.15) is 43.0 Å². The number of anilines is 1. The minimum Gasteiger partial charge on any atom is -0.349 e. The summed E-state index contributed by atoms with van der Waals surface area (Å²) >= 11 is 1.51. The van der Waals surface area contributed by atoms with E-state index in [2.05, 4.69) is 17.6 Å². The summed E-state index contributed by atoms with van der Waals surface area (Å²) in [5.41, 5.74) is 1.37. The van der Waals surface area contributed by atoms with Gasteiger partial charge in [0.05, 0.1) is 11.4 Å². The number of nitrogens with one attached hydrogen (secondary N) is 2. The molecule has 0 saturated heterocycles. The third-order valence-corrected chi connectivity index (χ3v) is 5.38. The van der Waals surface area contributed by atoms with Crippen molar-refractivity contribution in [3.8, 4) is 0 Å². The van der Waals surface area contributed by atoms with Crippen LogP contribution >= 0.6 is 11.8 Å². The molecular formula is C16H20N2O2S. The maximum absolute atomic E-state index is 12.4. The van der Waals surface area contributed by atoms with Crippen molar-refractivity contribution in [1.82, 2.24) is 5.32 Å². The molecule has 2 aliphatic rings. The summed E-state index contributed by atoms with van der Waals surface area (Å²) < 4.78 is 0. The Kier molecular flexibility index (Phi) is 4.19. The third-order valence-electron chi connectivity index (χ3n) is 4.30. The molecule has 0 bridgehead atoms. The lowest BCUT2D eigenvalue weighted by Crippen LogP contribution is -2.41. The molecule has 0 radical (unpaired) electrons. The molecule has 21 heavy (non-hydrogen) atoms. The van der Waals surface area contributed by atoms with E-state index in [0.29, 0.717) is 17.2 Å². The molecule has 0 spiro atoms. The number of fused-ring (bicyclic) bond motifs is 1. The smallest absolute Gasteiger partial charge is 0.251 e. The van der Waals surface area contributed by atoms with Crippen molar-refractivity contribution >= 4 is 29.3 Å². The molecule has 4 nitrogen and oxygen atoms in total. The van der Waals surface area contributed by atoms with Gasteiger partial charge in [0.15, 0.2) is 0 Å². The first-order chi connectivity index (χ1) is 10.1. The van der Waals surface area contributed by atoms with Crippen LogP contribution in [0.4, 0.5) is 5.69 Å². The molecule has 1 aliphatic heterocycles. The molecule has 1 aromatic rings. The first-order valence-electron chi connectivity index (χ1n) is 7.51. The van der Waals surface area contributed by atoms with Crippen molar-refractivity contribution in [2.24, 2.45) is 5.92 Å². The number of benzene rings is 1. The van der Waals surface area contributed by atoms with Crippen LogP contribution in [0.3, 0.4) is 0 Å². The normalized spacial score (nSPS) is 24.9. The fourth-order valence-electron chi connectivity index (χ4n) is 3.01. The van der Waals surface area contributed by atoms with Crippen LogP contribution in [0.15, 0.2) is 23.1 Å². The predicted molar refractivity (Wildman–Crippen MR) is 84.7 cm³/mol. The SMILES string of the molecule is C[C@H]1CCCC[C@H]1NC(=O)c1ccc2c(c1)NC(=O)CS2. The summed E-state index contributed by atoms with van der Waals surface area (Å²) in [7, 11) is 0. The number of hydrogen-bond acceptors (Lipinski definition) is 3. The fraction of sp³-hybridized carbons (Fsp3) is 0.500. The molecule has 1 aromatic carbocycles. The number of thioether (sulfide) groups is 1. The van der Waals surface area contributed by atoms with Gasteiger partial charge in [-0.25, -0.2) is 0 Å². The van der Waals surface area contributed by atoms with E-state index in [1.54, 1.807) is 6.07 Å². The van der Waals surface area contributed by atoms with E-state index in [1.165, 1.54) is 31.0 Å². The predicted octanol–water partition coefficient (Wildman–Crippen LogP) is 3.04. The molecule has 1 heterocycles. The molecule has 1 aliphatic carbocycles.